The van der Waals surface area contributed by atoms with Crippen molar-refractivity contribution >= 4 is 42.4 Å². The van der Waals surface area contributed by atoms with Crippen LogP contribution in [0.4, 0.5) is 5.13 Å². The Kier molecular flexibility index (Phi) is 6.57. The van der Waals surface area contributed by atoms with Crippen molar-refractivity contribution < 1.29 is 22.4 Å². The van der Waals surface area contributed by atoms with Crippen molar-refractivity contribution in [3.63, 3.8) is 0 Å². The molecule has 0 fully saturated rings. The van der Waals surface area contributed by atoms with Crippen LogP contribution in [-0.2, 0) is 26.9 Å². The number of furan rings is 1. The van der Waals surface area contributed by atoms with Crippen LogP contribution in [0.5, 0.6) is 5.75 Å². The number of ether oxygens (including phenoxy) is 1. The van der Waals surface area contributed by atoms with Crippen molar-refractivity contribution in [2.24, 2.45) is 0 Å². The number of hydrogen-bond donors (Lipinski definition) is 0. The Labute approximate surface area is 190 Å². The largest absolute Gasteiger partial charge is 0.492 e. The number of para-hydroxylation sites is 1. The Hall–Kier alpha value is -3.17. The summed E-state index contributed by atoms with van der Waals surface area (Å²) >= 11 is 1.30. The standard InChI is InChI=1S/C23H22N2O5S2/c1-2-29-19-11-6-12-20-22(19)24-23(31-20)25(14-18-10-7-13-30-18)21(26)16-32(27,28)15-17-8-4-3-5-9-17/h3-13H,2,14-16H2,1H3. The minimum atomic E-state index is -3.68. The van der Waals surface area contributed by atoms with Crippen LogP contribution in [0.1, 0.15) is 18.2 Å². The van der Waals surface area contributed by atoms with E-state index in [0.29, 0.717) is 34.3 Å². The maximum atomic E-state index is 13.2. The molecule has 0 N–H and O–H groups in total. The topological polar surface area (TPSA) is 89.7 Å². The van der Waals surface area contributed by atoms with Gasteiger partial charge in [0, 0.05) is 0 Å². The number of fused-ring (bicyclic) bond motifs is 1. The van der Waals surface area contributed by atoms with Gasteiger partial charge in [0.15, 0.2) is 15.0 Å². The monoisotopic (exact) mass is 470 g/mol. The second-order valence-corrected chi connectivity index (χ2v) is 10.2. The van der Waals surface area contributed by atoms with Crippen molar-refractivity contribution in [1.29, 1.82) is 0 Å². The van der Waals surface area contributed by atoms with Crippen LogP contribution >= 0.6 is 11.3 Å². The molecule has 2 heterocycles. The van der Waals surface area contributed by atoms with Crippen LogP contribution in [0.3, 0.4) is 0 Å². The van der Waals surface area contributed by atoms with Gasteiger partial charge in [0.2, 0.25) is 5.91 Å². The average Bonchev–Trinajstić information content (AvgIpc) is 3.42. The number of hydrogen-bond acceptors (Lipinski definition) is 7. The molecule has 2 aromatic heterocycles. The zero-order chi connectivity index (χ0) is 22.6. The second-order valence-electron chi connectivity index (χ2n) is 7.11. The summed E-state index contributed by atoms with van der Waals surface area (Å²) in [5.41, 5.74) is 1.28. The molecule has 0 unspecified atom stereocenters. The number of carbonyl (C=O) groups is 1. The van der Waals surface area contributed by atoms with Crippen molar-refractivity contribution in [2.45, 2.75) is 19.2 Å². The third-order valence-corrected chi connectivity index (χ3v) is 7.17. The first-order valence-corrected chi connectivity index (χ1v) is 12.7. The molecule has 0 atom stereocenters. The first-order valence-electron chi connectivity index (χ1n) is 10.0. The average molecular weight is 471 g/mol. The van der Waals surface area contributed by atoms with Crippen LogP contribution in [0.2, 0.25) is 0 Å². The van der Waals surface area contributed by atoms with Gasteiger partial charge in [0.05, 0.1) is 29.9 Å². The van der Waals surface area contributed by atoms with Crippen molar-refractivity contribution in [3.05, 3.63) is 78.3 Å². The van der Waals surface area contributed by atoms with Crippen LogP contribution < -0.4 is 9.64 Å². The van der Waals surface area contributed by atoms with Crippen LogP contribution in [0.15, 0.2) is 71.3 Å². The maximum absolute atomic E-state index is 13.2. The first-order chi connectivity index (χ1) is 15.4. The highest BCUT2D eigenvalue weighted by Crippen LogP contribution is 2.35. The fraction of sp³-hybridized carbons (Fsp3) is 0.217. The van der Waals surface area contributed by atoms with Gasteiger partial charge in [-0.3, -0.25) is 9.69 Å². The molecule has 2 aromatic carbocycles. The molecule has 0 bridgehead atoms. The number of carbonyl (C=O) groups excluding carboxylic acids is 1. The molecular weight excluding hydrogens is 448 g/mol. The van der Waals surface area contributed by atoms with E-state index in [1.165, 1.54) is 22.5 Å². The molecule has 7 nitrogen and oxygen atoms in total. The summed E-state index contributed by atoms with van der Waals surface area (Å²) in [6, 6.07) is 17.8. The molecule has 0 aliphatic rings. The van der Waals surface area contributed by atoms with Crippen molar-refractivity contribution in [1.82, 2.24) is 4.98 Å². The van der Waals surface area contributed by atoms with Gasteiger partial charge in [0.1, 0.15) is 22.8 Å². The summed E-state index contributed by atoms with van der Waals surface area (Å²) in [7, 11) is -3.68. The minimum Gasteiger partial charge on any atom is -0.492 e. The molecule has 32 heavy (non-hydrogen) atoms. The molecule has 0 aliphatic heterocycles. The Balaban J connectivity index is 1.64. The van der Waals surface area contributed by atoms with Crippen LogP contribution in [-0.4, -0.2) is 31.7 Å². The summed E-state index contributed by atoms with van der Waals surface area (Å²) in [4.78, 5) is 19.2. The quantitative estimate of drug-likeness (QED) is 0.359. The van der Waals surface area contributed by atoms with Crippen molar-refractivity contribution in [2.75, 3.05) is 17.3 Å². The molecule has 4 rings (SSSR count). The molecule has 0 saturated carbocycles. The van der Waals surface area contributed by atoms with Gasteiger partial charge in [-0.2, -0.15) is 0 Å². The lowest BCUT2D eigenvalue weighted by molar-refractivity contribution is -0.116. The Morgan fingerprint density at radius 3 is 2.62 bits per heavy atom. The highest BCUT2D eigenvalue weighted by atomic mass is 32.2. The number of amides is 1. The molecule has 166 valence electrons. The fourth-order valence-corrected chi connectivity index (χ4v) is 5.60. The summed E-state index contributed by atoms with van der Waals surface area (Å²) in [6.07, 6.45) is 1.51. The Morgan fingerprint density at radius 2 is 1.91 bits per heavy atom. The SMILES string of the molecule is CCOc1cccc2sc(N(Cc3ccco3)C(=O)CS(=O)(=O)Cc3ccccc3)nc12. The van der Waals surface area contributed by atoms with Gasteiger partial charge < -0.3 is 9.15 Å². The maximum Gasteiger partial charge on any atom is 0.244 e. The van der Waals surface area contributed by atoms with Gasteiger partial charge in [-0.05, 0) is 36.8 Å². The van der Waals surface area contributed by atoms with Gasteiger partial charge in [-0.25, -0.2) is 13.4 Å². The lowest BCUT2D eigenvalue weighted by Crippen LogP contribution is -2.35. The third kappa shape index (κ3) is 5.17. The van der Waals surface area contributed by atoms with Crippen LogP contribution in [0, 0.1) is 0 Å². The molecule has 9 heteroatoms. The summed E-state index contributed by atoms with van der Waals surface area (Å²) in [6.45, 7) is 2.45. The molecular formula is C23H22N2O5S2. The van der Waals surface area contributed by atoms with E-state index in [1.54, 1.807) is 36.4 Å². The first kappa shape index (κ1) is 22.0. The lowest BCUT2D eigenvalue weighted by atomic mass is 10.2. The molecule has 1 amide bonds. The van der Waals surface area contributed by atoms with Crippen molar-refractivity contribution in [3.8, 4) is 5.75 Å². The molecule has 0 spiro atoms. The number of nitrogens with zero attached hydrogens (tertiary/aromatic N) is 2. The van der Waals surface area contributed by atoms with Gasteiger partial charge in [-0.15, -0.1) is 0 Å². The molecule has 0 aliphatic carbocycles. The van der Waals surface area contributed by atoms with E-state index in [1.807, 2.05) is 31.2 Å². The Morgan fingerprint density at radius 1 is 1.09 bits per heavy atom. The summed E-state index contributed by atoms with van der Waals surface area (Å²) in [5, 5.41) is 0.392. The predicted octanol–water partition coefficient (Wildman–Crippen LogP) is 4.44. The number of rotatable bonds is 9. The molecule has 0 saturated heterocycles. The fourth-order valence-electron chi connectivity index (χ4n) is 3.27. The zero-order valence-electron chi connectivity index (χ0n) is 17.4. The smallest absolute Gasteiger partial charge is 0.244 e. The molecule has 0 radical (unpaired) electrons. The predicted molar refractivity (Wildman–Crippen MR) is 125 cm³/mol. The number of anilines is 1. The van der Waals surface area contributed by atoms with E-state index in [-0.39, 0.29) is 12.3 Å². The zero-order valence-corrected chi connectivity index (χ0v) is 19.1. The Bertz CT molecular complexity index is 1300. The number of sulfone groups is 1. The molecule has 4 aromatic rings. The summed E-state index contributed by atoms with van der Waals surface area (Å²) < 4.78 is 37.4. The van der Waals surface area contributed by atoms with E-state index in [9.17, 15) is 13.2 Å². The lowest BCUT2D eigenvalue weighted by Gasteiger charge is -2.18. The van der Waals surface area contributed by atoms with E-state index >= 15 is 0 Å². The minimum absolute atomic E-state index is 0.0798. The van der Waals surface area contributed by atoms with E-state index in [4.69, 9.17) is 9.15 Å². The normalized spacial score (nSPS) is 11.5. The highest BCUT2D eigenvalue weighted by Gasteiger charge is 2.27. The number of aromatic nitrogens is 1. The highest BCUT2D eigenvalue weighted by molar-refractivity contribution is 7.91. The third-order valence-electron chi connectivity index (χ3n) is 4.67. The number of benzene rings is 2. The van der Waals surface area contributed by atoms with Gasteiger partial charge in [0.25, 0.3) is 0 Å². The van der Waals surface area contributed by atoms with Crippen LogP contribution in [0.25, 0.3) is 10.2 Å². The number of thiazole rings is 1. The van der Waals surface area contributed by atoms with E-state index < -0.39 is 21.5 Å². The van der Waals surface area contributed by atoms with E-state index in [0.717, 1.165) is 4.70 Å². The second kappa shape index (κ2) is 9.54. The summed E-state index contributed by atoms with van der Waals surface area (Å²) in [5.74, 6) is -0.244. The van der Waals surface area contributed by atoms with Gasteiger partial charge >= 0.3 is 0 Å². The van der Waals surface area contributed by atoms with Gasteiger partial charge in [-0.1, -0.05) is 47.7 Å². The van der Waals surface area contributed by atoms with E-state index in [2.05, 4.69) is 4.98 Å².